The second-order valence-electron chi connectivity index (χ2n) is 4.84. The molecule has 0 aromatic heterocycles. The van der Waals surface area contributed by atoms with Crippen LogP contribution in [0, 0.1) is 11.8 Å². The number of rotatable bonds is 4. The van der Waals surface area contributed by atoms with Crippen molar-refractivity contribution in [1.82, 2.24) is 5.32 Å². The zero-order valence-corrected chi connectivity index (χ0v) is 12.0. The van der Waals surface area contributed by atoms with E-state index in [1.807, 2.05) is 6.92 Å². The molecule has 0 aromatic rings. The van der Waals surface area contributed by atoms with Gasteiger partial charge in [0.05, 0.1) is 5.92 Å². The second-order valence-corrected chi connectivity index (χ2v) is 6.14. The Bertz CT molecular complexity index is 275. The van der Waals surface area contributed by atoms with Crippen LogP contribution in [-0.2, 0) is 4.79 Å². The molecule has 1 amide bonds. The highest BCUT2D eigenvalue weighted by atomic mass is 79.9. The van der Waals surface area contributed by atoms with Crippen molar-refractivity contribution in [2.75, 3.05) is 6.54 Å². The van der Waals surface area contributed by atoms with Crippen LogP contribution in [0.2, 0.25) is 0 Å². The summed E-state index contributed by atoms with van der Waals surface area (Å²) in [4.78, 5) is 12.0. The van der Waals surface area contributed by atoms with E-state index < -0.39 is 12.1 Å². The minimum absolute atomic E-state index is 0.0765. The number of carbonyl (C=O) groups excluding carboxylic acids is 1. The van der Waals surface area contributed by atoms with Gasteiger partial charge in [-0.25, -0.2) is 0 Å². The molecule has 6 heteroatoms. The Morgan fingerprint density at radius 3 is 2.33 bits per heavy atom. The quantitative estimate of drug-likeness (QED) is 0.784. The standard InChI is InChI=1S/C12H19BrF3NO/c1-2-10(13)7-17-11(18)8-3-5-9(6-4-8)12(14,15)16/h8-10H,2-7H2,1H3,(H,17,18). The average molecular weight is 330 g/mol. The van der Waals surface area contributed by atoms with Crippen molar-refractivity contribution < 1.29 is 18.0 Å². The highest BCUT2D eigenvalue weighted by Gasteiger charge is 2.42. The van der Waals surface area contributed by atoms with E-state index in [0.717, 1.165) is 6.42 Å². The van der Waals surface area contributed by atoms with E-state index in [0.29, 0.717) is 19.4 Å². The Morgan fingerprint density at radius 2 is 1.89 bits per heavy atom. The molecule has 0 aliphatic heterocycles. The number of halogens is 4. The fourth-order valence-corrected chi connectivity index (χ4v) is 2.34. The van der Waals surface area contributed by atoms with Crippen LogP contribution in [0.5, 0.6) is 0 Å². The largest absolute Gasteiger partial charge is 0.391 e. The number of hydrogen-bond donors (Lipinski definition) is 1. The van der Waals surface area contributed by atoms with Crippen LogP contribution >= 0.6 is 15.9 Å². The molecule has 1 atom stereocenters. The molecular weight excluding hydrogens is 311 g/mol. The van der Waals surface area contributed by atoms with Gasteiger partial charge in [-0.15, -0.1) is 0 Å². The van der Waals surface area contributed by atoms with Crippen LogP contribution < -0.4 is 5.32 Å². The maximum atomic E-state index is 12.5. The highest BCUT2D eigenvalue weighted by molar-refractivity contribution is 9.09. The van der Waals surface area contributed by atoms with E-state index in [1.54, 1.807) is 0 Å². The Hall–Kier alpha value is -0.260. The van der Waals surface area contributed by atoms with Gasteiger partial charge >= 0.3 is 6.18 Å². The summed E-state index contributed by atoms with van der Waals surface area (Å²) in [5.74, 6) is -1.57. The molecule has 1 rings (SSSR count). The zero-order chi connectivity index (χ0) is 13.8. The van der Waals surface area contributed by atoms with Gasteiger partial charge in [-0.1, -0.05) is 22.9 Å². The molecule has 106 valence electrons. The van der Waals surface area contributed by atoms with Gasteiger partial charge in [0.15, 0.2) is 0 Å². The second kappa shape index (κ2) is 6.78. The van der Waals surface area contributed by atoms with Gasteiger partial charge in [-0.05, 0) is 32.1 Å². The molecule has 2 nitrogen and oxygen atoms in total. The summed E-state index contributed by atoms with van der Waals surface area (Å²) in [5, 5.41) is 2.79. The van der Waals surface area contributed by atoms with Gasteiger partial charge in [0.1, 0.15) is 0 Å². The molecule has 1 saturated carbocycles. The third-order valence-electron chi connectivity index (χ3n) is 3.50. The molecular formula is C12H19BrF3NO. The summed E-state index contributed by atoms with van der Waals surface area (Å²) in [7, 11) is 0. The van der Waals surface area contributed by atoms with Crippen molar-refractivity contribution in [2.45, 2.75) is 50.0 Å². The third kappa shape index (κ3) is 4.78. The molecule has 18 heavy (non-hydrogen) atoms. The van der Waals surface area contributed by atoms with Gasteiger partial charge < -0.3 is 5.32 Å². The summed E-state index contributed by atoms with van der Waals surface area (Å²) in [6, 6.07) is 0. The van der Waals surface area contributed by atoms with Crippen molar-refractivity contribution in [3.8, 4) is 0 Å². The molecule has 1 unspecified atom stereocenters. The smallest absolute Gasteiger partial charge is 0.355 e. The van der Waals surface area contributed by atoms with Crippen molar-refractivity contribution >= 4 is 21.8 Å². The number of hydrogen-bond acceptors (Lipinski definition) is 1. The van der Waals surface area contributed by atoms with Gasteiger partial charge in [-0.3, -0.25) is 4.79 Å². The minimum Gasteiger partial charge on any atom is -0.355 e. The molecule has 1 aliphatic carbocycles. The van der Waals surface area contributed by atoms with Gasteiger partial charge in [-0.2, -0.15) is 13.2 Å². The first-order valence-corrected chi connectivity index (χ1v) is 7.24. The van der Waals surface area contributed by atoms with E-state index in [-0.39, 0.29) is 29.5 Å². The van der Waals surface area contributed by atoms with Crippen molar-refractivity contribution in [2.24, 2.45) is 11.8 Å². The van der Waals surface area contributed by atoms with E-state index in [9.17, 15) is 18.0 Å². The lowest BCUT2D eigenvalue weighted by Crippen LogP contribution is -2.38. The number of carbonyl (C=O) groups is 1. The molecule has 0 saturated heterocycles. The molecule has 0 heterocycles. The lowest BCUT2D eigenvalue weighted by Gasteiger charge is -2.29. The molecule has 0 spiro atoms. The average Bonchev–Trinajstić information content (AvgIpc) is 2.34. The number of amides is 1. The topological polar surface area (TPSA) is 29.1 Å². The fourth-order valence-electron chi connectivity index (χ4n) is 2.18. The lowest BCUT2D eigenvalue weighted by molar-refractivity contribution is -0.184. The highest BCUT2D eigenvalue weighted by Crippen LogP contribution is 2.39. The Morgan fingerprint density at radius 1 is 1.33 bits per heavy atom. The zero-order valence-electron chi connectivity index (χ0n) is 10.4. The van der Waals surface area contributed by atoms with E-state index in [4.69, 9.17) is 0 Å². The summed E-state index contributed by atoms with van der Waals surface area (Å²) in [5.41, 5.74) is 0. The predicted molar refractivity (Wildman–Crippen MR) is 67.5 cm³/mol. The molecule has 1 aliphatic rings. The molecule has 0 bridgehead atoms. The predicted octanol–water partition coefficient (Wildman–Crippen LogP) is 3.64. The van der Waals surface area contributed by atoms with Crippen LogP contribution in [0.3, 0.4) is 0 Å². The molecule has 1 fully saturated rings. The third-order valence-corrected chi connectivity index (χ3v) is 4.47. The molecule has 1 N–H and O–H groups in total. The van der Waals surface area contributed by atoms with Crippen LogP contribution in [0.15, 0.2) is 0 Å². The Kier molecular flexibility index (Phi) is 5.95. The Labute approximate surface area is 114 Å². The van der Waals surface area contributed by atoms with E-state index in [1.165, 1.54) is 0 Å². The van der Waals surface area contributed by atoms with Crippen LogP contribution in [0.1, 0.15) is 39.0 Å². The monoisotopic (exact) mass is 329 g/mol. The maximum absolute atomic E-state index is 12.5. The summed E-state index contributed by atoms with van der Waals surface area (Å²) in [6.45, 7) is 2.54. The van der Waals surface area contributed by atoms with Crippen molar-refractivity contribution in [3.63, 3.8) is 0 Å². The van der Waals surface area contributed by atoms with E-state index in [2.05, 4.69) is 21.2 Å². The summed E-state index contributed by atoms with van der Waals surface area (Å²) >= 11 is 3.40. The van der Waals surface area contributed by atoms with E-state index >= 15 is 0 Å². The Balaban J connectivity index is 2.32. The first-order valence-electron chi connectivity index (χ1n) is 6.33. The number of nitrogens with one attached hydrogen (secondary N) is 1. The van der Waals surface area contributed by atoms with Crippen LogP contribution in [0.25, 0.3) is 0 Å². The fraction of sp³-hybridized carbons (Fsp3) is 0.917. The van der Waals surface area contributed by atoms with Crippen molar-refractivity contribution in [1.29, 1.82) is 0 Å². The first-order chi connectivity index (χ1) is 8.34. The van der Waals surface area contributed by atoms with Crippen LogP contribution in [-0.4, -0.2) is 23.5 Å². The van der Waals surface area contributed by atoms with Crippen LogP contribution in [0.4, 0.5) is 13.2 Å². The maximum Gasteiger partial charge on any atom is 0.391 e. The minimum atomic E-state index is -4.11. The first kappa shape index (κ1) is 15.8. The van der Waals surface area contributed by atoms with Gasteiger partial charge in [0.25, 0.3) is 0 Å². The SMILES string of the molecule is CCC(Br)CNC(=O)C1CCC(C(F)(F)F)CC1. The van der Waals surface area contributed by atoms with Gasteiger partial charge in [0.2, 0.25) is 5.91 Å². The lowest BCUT2D eigenvalue weighted by atomic mass is 9.81. The van der Waals surface area contributed by atoms with Gasteiger partial charge in [0, 0.05) is 17.3 Å². The summed E-state index contributed by atoms with van der Waals surface area (Å²) < 4.78 is 37.4. The molecule has 0 aromatic carbocycles. The number of alkyl halides is 4. The normalized spacial score (nSPS) is 26.7. The molecule has 0 radical (unpaired) electrons. The summed E-state index contributed by atoms with van der Waals surface area (Å²) in [6.07, 6.45) is -2.36. The van der Waals surface area contributed by atoms with Crippen molar-refractivity contribution in [3.05, 3.63) is 0 Å².